The molecular weight excluding hydrogens is 190 g/mol. The van der Waals surface area contributed by atoms with Crippen LogP contribution in [-0.4, -0.2) is 25.1 Å². The van der Waals surface area contributed by atoms with Crippen LogP contribution in [-0.2, 0) is 4.74 Å². The van der Waals surface area contributed by atoms with E-state index in [-0.39, 0.29) is 0 Å². The molecule has 0 radical (unpaired) electrons. The van der Waals surface area contributed by atoms with Gasteiger partial charge in [-0.15, -0.1) is 0 Å². The molecule has 0 amide bonds. The summed E-state index contributed by atoms with van der Waals surface area (Å²) in [5.74, 6) is 7.06. The molecule has 1 saturated heterocycles. The number of amidine groups is 1. The van der Waals surface area contributed by atoms with Gasteiger partial charge in [-0.05, 0) is 25.7 Å². The number of hydrazine groups is 1. The fourth-order valence-electron chi connectivity index (χ4n) is 2.46. The Labute approximate surface area is 91.2 Å². The number of nitrogens with one attached hydrogen (secondary N) is 1. The topological polar surface area (TPSA) is 59.6 Å². The first-order valence-electron chi connectivity index (χ1n) is 6.02. The molecule has 1 aliphatic heterocycles. The summed E-state index contributed by atoms with van der Waals surface area (Å²) in [6, 6.07) is 0.513. The van der Waals surface area contributed by atoms with Gasteiger partial charge in [-0.3, -0.25) is 4.99 Å². The highest BCUT2D eigenvalue weighted by Gasteiger charge is 2.21. The van der Waals surface area contributed by atoms with Gasteiger partial charge in [-0.25, -0.2) is 5.84 Å². The van der Waals surface area contributed by atoms with E-state index in [0.717, 1.165) is 31.9 Å². The zero-order valence-corrected chi connectivity index (χ0v) is 9.24. The number of nitrogens with two attached hydrogens (primary N) is 1. The SMILES string of the molecule is NNC(=NC1CCCC1)C1CCOCC1. The first kappa shape index (κ1) is 10.9. The Balaban J connectivity index is 1.94. The van der Waals surface area contributed by atoms with Crippen LogP contribution < -0.4 is 11.3 Å². The molecule has 0 unspecified atom stereocenters. The Hall–Kier alpha value is -0.610. The zero-order chi connectivity index (χ0) is 10.5. The molecule has 0 atom stereocenters. The average molecular weight is 211 g/mol. The van der Waals surface area contributed by atoms with Crippen molar-refractivity contribution in [3.63, 3.8) is 0 Å². The van der Waals surface area contributed by atoms with Crippen LogP contribution in [0.5, 0.6) is 0 Å². The largest absolute Gasteiger partial charge is 0.381 e. The number of ether oxygens (including phenoxy) is 1. The second-order valence-electron chi connectivity index (χ2n) is 4.48. The van der Waals surface area contributed by atoms with E-state index in [9.17, 15) is 0 Å². The minimum absolute atomic E-state index is 0.490. The molecular formula is C11H21N3O. The van der Waals surface area contributed by atoms with Gasteiger partial charge >= 0.3 is 0 Å². The van der Waals surface area contributed by atoms with Gasteiger partial charge in [0.25, 0.3) is 0 Å². The smallest absolute Gasteiger partial charge is 0.114 e. The maximum atomic E-state index is 5.56. The van der Waals surface area contributed by atoms with Gasteiger partial charge in [-0.2, -0.15) is 0 Å². The Morgan fingerprint density at radius 2 is 1.80 bits per heavy atom. The standard InChI is InChI=1S/C11H21N3O/c12-14-11(9-5-7-15-8-6-9)13-10-3-1-2-4-10/h9-10H,1-8,12H2,(H,13,14). The fourth-order valence-corrected chi connectivity index (χ4v) is 2.46. The van der Waals surface area contributed by atoms with E-state index >= 15 is 0 Å². The van der Waals surface area contributed by atoms with Gasteiger partial charge in [0, 0.05) is 19.1 Å². The van der Waals surface area contributed by atoms with E-state index in [2.05, 4.69) is 5.43 Å². The van der Waals surface area contributed by atoms with Crippen LogP contribution in [0.1, 0.15) is 38.5 Å². The van der Waals surface area contributed by atoms with E-state index < -0.39 is 0 Å². The highest BCUT2D eigenvalue weighted by molar-refractivity contribution is 5.84. The Bertz CT molecular complexity index is 218. The van der Waals surface area contributed by atoms with E-state index in [1.807, 2.05) is 0 Å². The second kappa shape index (κ2) is 5.47. The summed E-state index contributed by atoms with van der Waals surface area (Å²) in [6.45, 7) is 1.69. The van der Waals surface area contributed by atoms with E-state index in [1.54, 1.807) is 0 Å². The van der Waals surface area contributed by atoms with Crippen molar-refractivity contribution in [2.24, 2.45) is 16.8 Å². The van der Waals surface area contributed by atoms with Gasteiger partial charge in [0.2, 0.25) is 0 Å². The molecule has 2 aliphatic rings. The predicted molar refractivity (Wildman–Crippen MR) is 60.6 cm³/mol. The molecule has 2 rings (SSSR count). The molecule has 86 valence electrons. The van der Waals surface area contributed by atoms with Crippen LogP contribution in [0, 0.1) is 5.92 Å². The van der Waals surface area contributed by atoms with Crippen molar-refractivity contribution in [1.29, 1.82) is 0 Å². The van der Waals surface area contributed by atoms with Gasteiger partial charge in [0.15, 0.2) is 0 Å². The number of rotatable bonds is 2. The highest BCUT2D eigenvalue weighted by atomic mass is 16.5. The lowest BCUT2D eigenvalue weighted by molar-refractivity contribution is 0.0819. The lowest BCUT2D eigenvalue weighted by atomic mass is 9.99. The van der Waals surface area contributed by atoms with E-state index in [1.165, 1.54) is 25.7 Å². The second-order valence-corrected chi connectivity index (χ2v) is 4.48. The Morgan fingerprint density at radius 1 is 1.13 bits per heavy atom. The third-order valence-corrected chi connectivity index (χ3v) is 3.40. The maximum Gasteiger partial charge on any atom is 0.114 e. The van der Waals surface area contributed by atoms with Crippen molar-refractivity contribution in [3.05, 3.63) is 0 Å². The average Bonchev–Trinajstić information content (AvgIpc) is 2.80. The van der Waals surface area contributed by atoms with Crippen LogP contribution in [0.2, 0.25) is 0 Å². The summed E-state index contributed by atoms with van der Waals surface area (Å²) >= 11 is 0. The Kier molecular flexibility index (Phi) is 3.97. The monoisotopic (exact) mass is 211 g/mol. The predicted octanol–water partition coefficient (Wildman–Crippen LogP) is 1.22. The number of nitrogens with zero attached hydrogens (tertiary/aromatic N) is 1. The fraction of sp³-hybridized carbons (Fsp3) is 0.909. The van der Waals surface area contributed by atoms with Gasteiger partial charge in [0.1, 0.15) is 5.84 Å². The van der Waals surface area contributed by atoms with Crippen molar-refractivity contribution in [3.8, 4) is 0 Å². The van der Waals surface area contributed by atoms with Crippen LogP contribution in [0.3, 0.4) is 0 Å². The summed E-state index contributed by atoms with van der Waals surface area (Å²) in [4.78, 5) is 4.74. The molecule has 3 N–H and O–H groups in total. The minimum Gasteiger partial charge on any atom is -0.381 e. The number of aliphatic imine (C=N–C) groups is 1. The maximum absolute atomic E-state index is 5.56. The molecule has 1 aliphatic carbocycles. The van der Waals surface area contributed by atoms with Crippen molar-refractivity contribution in [2.45, 2.75) is 44.6 Å². The third-order valence-electron chi connectivity index (χ3n) is 3.40. The van der Waals surface area contributed by atoms with Crippen molar-refractivity contribution in [1.82, 2.24) is 5.43 Å². The highest BCUT2D eigenvalue weighted by Crippen LogP contribution is 2.23. The quantitative estimate of drug-likeness (QED) is 0.312. The van der Waals surface area contributed by atoms with Crippen molar-refractivity contribution in [2.75, 3.05) is 13.2 Å². The van der Waals surface area contributed by atoms with Crippen LogP contribution >= 0.6 is 0 Å². The molecule has 0 aromatic rings. The lowest BCUT2D eigenvalue weighted by Crippen LogP contribution is -2.39. The number of hydrogen-bond donors (Lipinski definition) is 2. The summed E-state index contributed by atoms with van der Waals surface area (Å²) in [7, 11) is 0. The van der Waals surface area contributed by atoms with Gasteiger partial charge in [-0.1, -0.05) is 12.8 Å². The normalized spacial score (nSPS) is 25.8. The molecule has 2 fully saturated rings. The van der Waals surface area contributed by atoms with Crippen LogP contribution in [0.15, 0.2) is 4.99 Å². The molecule has 1 heterocycles. The third kappa shape index (κ3) is 2.92. The summed E-state index contributed by atoms with van der Waals surface area (Å²) in [5.41, 5.74) is 2.79. The van der Waals surface area contributed by atoms with Crippen LogP contribution in [0.4, 0.5) is 0 Å². The molecule has 4 nitrogen and oxygen atoms in total. The molecule has 0 aromatic heterocycles. The van der Waals surface area contributed by atoms with E-state index in [0.29, 0.717) is 12.0 Å². The summed E-state index contributed by atoms with van der Waals surface area (Å²) in [6.07, 6.45) is 7.20. The molecule has 0 aromatic carbocycles. The zero-order valence-electron chi connectivity index (χ0n) is 9.24. The molecule has 0 spiro atoms. The van der Waals surface area contributed by atoms with E-state index in [4.69, 9.17) is 15.6 Å². The molecule has 15 heavy (non-hydrogen) atoms. The van der Waals surface area contributed by atoms with Crippen LogP contribution in [0.25, 0.3) is 0 Å². The molecule has 1 saturated carbocycles. The first-order valence-corrected chi connectivity index (χ1v) is 6.02. The van der Waals surface area contributed by atoms with Gasteiger partial charge < -0.3 is 10.2 Å². The minimum atomic E-state index is 0.490. The van der Waals surface area contributed by atoms with Crippen molar-refractivity contribution < 1.29 is 4.74 Å². The van der Waals surface area contributed by atoms with Gasteiger partial charge in [0.05, 0.1) is 6.04 Å². The Morgan fingerprint density at radius 3 is 2.40 bits per heavy atom. The van der Waals surface area contributed by atoms with Crippen molar-refractivity contribution >= 4 is 5.84 Å². The molecule has 0 bridgehead atoms. The lowest BCUT2D eigenvalue weighted by Gasteiger charge is -2.24. The summed E-state index contributed by atoms with van der Waals surface area (Å²) < 4.78 is 5.34. The molecule has 4 heteroatoms. The summed E-state index contributed by atoms with van der Waals surface area (Å²) in [5, 5.41) is 0. The number of hydrogen-bond acceptors (Lipinski definition) is 3. The first-order chi connectivity index (χ1) is 7.40.